The second-order valence-corrected chi connectivity index (χ2v) is 4.62. The SMILES string of the molecule is COC(=O)C(C)(C)Cc1n[nH]c2ncccc12. The molecule has 0 aliphatic heterocycles. The maximum Gasteiger partial charge on any atom is 0.311 e. The third-order valence-electron chi connectivity index (χ3n) is 2.76. The number of carbonyl (C=O) groups is 1. The lowest BCUT2D eigenvalue weighted by molar-refractivity contribution is -0.150. The molecule has 90 valence electrons. The molecule has 0 radical (unpaired) electrons. The Labute approximate surface area is 99.2 Å². The highest BCUT2D eigenvalue weighted by Gasteiger charge is 2.30. The lowest BCUT2D eigenvalue weighted by Gasteiger charge is -2.20. The van der Waals surface area contributed by atoms with Gasteiger partial charge in [0.2, 0.25) is 0 Å². The Kier molecular flexibility index (Phi) is 2.83. The fraction of sp³-hybridized carbons (Fsp3) is 0.417. The van der Waals surface area contributed by atoms with Crippen LogP contribution in [-0.4, -0.2) is 28.3 Å². The first-order valence-electron chi connectivity index (χ1n) is 5.41. The first kappa shape index (κ1) is 11.6. The van der Waals surface area contributed by atoms with E-state index in [-0.39, 0.29) is 5.97 Å². The van der Waals surface area contributed by atoms with Crippen LogP contribution in [0.3, 0.4) is 0 Å². The number of hydrogen-bond donors (Lipinski definition) is 1. The predicted octanol–water partition coefficient (Wildman–Crippen LogP) is 1.70. The molecule has 2 aromatic heterocycles. The van der Waals surface area contributed by atoms with E-state index in [1.807, 2.05) is 26.0 Å². The fourth-order valence-corrected chi connectivity index (χ4v) is 1.81. The fourth-order valence-electron chi connectivity index (χ4n) is 1.81. The summed E-state index contributed by atoms with van der Waals surface area (Å²) in [5.41, 5.74) is 0.985. The summed E-state index contributed by atoms with van der Waals surface area (Å²) in [6.07, 6.45) is 2.22. The van der Waals surface area contributed by atoms with Crippen LogP contribution in [0.25, 0.3) is 11.0 Å². The highest BCUT2D eigenvalue weighted by atomic mass is 16.5. The number of H-pyrrole nitrogens is 1. The minimum atomic E-state index is -0.591. The van der Waals surface area contributed by atoms with Crippen molar-refractivity contribution in [2.24, 2.45) is 5.41 Å². The van der Waals surface area contributed by atoms with Gasteiger partial charge in [-0.05, 0) is 26.0 Å². The van der Waals surface area contributed by atoms with Gasteiger partial charge in [-0.1, -0.05) is 0 Å². The number of nitrogens with zero attached hydrogens (tertiary/aromatic N) is 2. The van der Waals surface area contributed by atoms with Crippen LogP contribution < -0.4 is 0 Å². The van der Waals surface area contributed by atoms with E-state index in [1.54, 1.807) is 6.20 Å². The molecule has 0 aliphatic rings. The number of methoxy groups -OCH3 is 1. The smallest absolute Gasteiger partial charge is 0.311 e. The van der Waals surface area contributed by atoms with Crippen molar-refractivity contribution in [3.05, 3.63) is 24.0 Å². The first-order chi connectivity index (χ1) is 8.04. The monoisotopic (exact) mass is 233 g/mol. The topological polar surface area (TPSA) is 67.9 Å². The summed E-state index contributed by atoms with van der Waals surface area (Å²) >= 11 is 0. The summed E-state index contributed by atoms with van der Waals surface area (Å²) < 4.78 is 4.78. The Morgan fingerprint density at radius 1 is 1.53 bits per heavy atom. The van der Waals surface area contributed by atoms with Gasteiger partial charge in [0.05, 0.1) is 18.2 Å². The molecule has 1 N–H and O–H groups in total. The predicted molar refractivity (Wildman–Crippen MR) is 63.4 cm³/mol. The van der Waals surface area contributed by atoms with Crippen LogP contribution >= 0.6 is 0 Å². The van der Waals surface area contributed by atoms with Gasteiger partial charge in [0, 0.05) is 18.0 Å². The minimum absolute atomic E-state index is 0.238. The lowest BCUT2D eigenvalue weighted by atomic mass is 9.87. The van der Waals surface area contributed by atoms with E-state index in [9.17, 15) is 4.79 Å². The van der Waals surface area contributed by atoms with Crippen molar-refractivity contribution in [3.8, 4) is 0 Å². The van der Waals surface area contributed by atoms with Crippen molar-refractivity contribution in [1.29, 1.82) is 0 Å². The van der Waals surface area contributed by atoms with Crippen molar-refractivity contribution in [3.63, 3.8) is 0 Å². The molecule has 0 aliphatic carbocycles. The molecule has 0 aromatic carbocycles. The van der Waals surface area contributed by atoms with E-state index in [1.165, 1.54) is 7.11 Å². The zero-order valence-corrected chi connectivity index (χ0v) is 10.2. The molecule has 17 heavy (non-hydrogen) atoms. The van der Waals surface area contributed by atoms with Crippen LogP contribution in [0.5, 0.6) is 0 Å². The van der Waals surface area contributed by atoms with E-state index in [0.717, 1.165) is 16.7 Å². The number of aromatic amines is 1. The van der Waals surface area contributed by atoms with Gasteiger partial charge in [0.1, 0.15) is 0 Å². The molecular weight excluding hydrogens is 218 g/mol. The van der Waals surface area contributed by atoms with Gasteiger partial charge in [-0.2, -0.15) is 5.10 Å². The highest BCUT2D eigenvalue weighted by molar-refractivity contribution is 5.80. The molecule has 5 nitrogen and oxygen atoms in total. The van der Waals surface area contributed by atoms with E-state index in [0.29, 0.717) is 6.42 Å². The van der Waals surface area contributed by atoms with Gasteiger partial charge in [-0.15, -0.1) is 0 Å². The van der Waals surface area contributed by atoms with Crippen LogP contribution in [0.2, 0.25) is 0 Å². The Bertz CT molecular complexity index is 545. The average Bonchev–Trinajstić information content (AvgIpc) is 2.71. The largest absolute Gasteiger partial charge is 0.469 e. The number of hydrogen-bond acceptors (Lipinski definition) is 4. The molecule has 0 fully saturated rings. The summed E-state index contributed by atoms with van der Waals surface area (Å²) in [5.74, 6) is -0.238. The van der Waals surface area contributed by atoms with E-state index in [2.05, 4.69) is 15.2 Å². The van der Waals surface area contributed by atoms with E-state index >= 15 is 0 Å². The minimum Gasteiger partial charge on any atom is -0.469 e. The quantitative estimate of drug-likeness (QED) is 0.819. The van der Waals surface area contributed by atoms with Gasteiger partial charge in [-0.3, -0.25) is 9.89 Å². The highest BCUT2D eigenvalue weighted by Crippen LogP contribution is 2.25. The molecule has 0 amide bonds. The third-order valence-corrected chi connectivity index (χ3v) is 2.76. The zero-order valence-electron chi connectivity index (χ0n) is 10.2. The molecule has 5 heteroatoms. The Balaban J connectivity index is 2.33. The lowest BCUT2D eigenvalue weighted by Crippen LogP contribution is -2.28. The first-order valence-corrected chi connectivity index (χ1v) is 5.41. The molecule has 0 spiro atoms. The summed E-state index contributed by atoms with van der Waals surface area (Å²) in [7, 11) is 1.40. The van der Waals surface area contributed by atoms with Crippen molar-refractivity contribution >= 4 is 17.0 Å². The third kappa shape index (κ3) is 2.13. The summed E-state index contributed by atoms with van der Waals surface area (Å²) in [5, 5.41) is 8.00. The van der Waals surface area contributed by atoms with Crippen LogP contribution in [0.1, 0.15) is 19.5 Å². The number of ether oxygens (including phenoxy) is 1. The van der Waals surface area contributed by atoms with E-state index in [4.69, 9.17) is 4.74 Å². The van der Waals surface area contributed by atoms with Gasteiger partial charge in [0.15, 0.2) is 5.65 Å². The maximum absolute atomic E-state index is 11.6. The number of nitrogens with one attached hydrogen (secondary N) is 1. The Morgan fingerprint density at radius 2 is 2.29 bits per heavy atom. The second kappa shape index (κ2) is 4.16. The number of fused-ring (bicyclic) bond motifs is 1. The maximum atomic E-state index is 11.6. The summed E-state index contributed by atoms with van der Waals surface area (Å²) in [6.45, 7) is 3.69. The number of pyridine rings is 1. The average molecular weight is 233 g/mol. The van der Waals surface area contributed by atoms with Gasteiger partial charge >= 0.3 is 5.97 Å². The molecule has 0 saturated carbocycles. The van der Waals surface area contributed by atoms with E-state index < -0.39 is 5.41 Å². The van der Waals surface area contributed by atoms with Crippen molar-refractivity contribution < 1.29 is 9.53 Å². The van der Waals surface area contributed by atoms with Crippen LogP contribution in [0.4, 0.5) is 0 Å². The molecule has 2 rings (SSSR count). The molecule has 0 bridgehead atoms. The number of esters is 1. The summed E-state index contributed by atoms with van der Waals surface area (Å²) in [6, 6.07) is 3.79. The molecular formula is C12H15N3O2. The molecule has 0 atom stereocenters. The number of rotatable bonds is 3. The molecule has 0 unspecified atom stereocenters. The standard InChI is InChI=1S/C12H15N3O2/c1-12(2,11(16)17-3)7-9-8-5-4-6-13-10(8)15-14-9/h4-6H,7H2,1-3H3,(H,13,14,15). The van der Waals surface area contributed by atoms with Crippen molar-refractivity contribution in [2.45, 2.75) is 20.3 Å². The van der Waals surface area contributed by atoms with Crippen molar-refractivity contribution in [2.75, 3.05) is 7.11 Å². The van der Waals surface area contributed by atoms with Gasteiger partial charge in [0.25, 0.3) is 0 Å². The van der Waals surface area contributed by atoms with Gasteiger partial charge in [-0.25, -0.2) is 4.98 Å². The molecule has 2 aromatic rings. The normalized spacial score (nSPS) is 11.7. The molecule has 0 saturated heterocycles. The van der Waals surface area contributed by atoms with Crippen LogP contribution in [-0.2, 0) is 16.0 Å². The zero-order chi connectivity index (χ0) is 12.5. The van der Waals surface area contributed by atoms with Crippen molar-refractivity contribution in [1.82, 2.24) is 15.2 Å². The second-order valence-electron chi connectivity index (χ2n) is 4.62. The van der Waals surface area contributed by atoms with Gasteiger partial charge < -0.3 is 4.74 Å². The number of carbonyl (C=O) groups excluding carboxylic acids is 1. The Hall–Kier alpha value is -1.91. The van der Waals surface area contributed by atoms with Crippen LogP contribution in [0, 0.1) is 5.41 Å². The number of aromatic nitrogens is 3. The van der Waals surface area contributed by atoms with Crippen LogP contribution in [0.15, 0.2) is 18.3 Å². The Morgan fingerprint density at radius 3 is 3.00 bits per heavy atom. The molecule has 2 heterocycles. The summed E-state index contributed by atoms with van der Waals surface area (Å²) in [4.78, 5) is 15.8.